The molecule has 5 aromatic rings. The third-order valence-electron chi connectivity index (χ3n) is 6.52. The SMILES string of the molecule is N#Cc1cccc(C(Nc2cc(Cl)c3ncc(C#N)c(Nc4cnc(F)c(F)c4)c3c2)c2cn(C3CC3)nn2)c1. The van der Waals surface area contributed by atoms with Crippen LogP contribution in [-0.4, -0.2) is 25.0 Å². The lowest BCUT2D eigenvalue weighted by Crippen LogP contribution is -2.13. The standard InChI is InChI=1S/C28H18ClF2N9/c29-22-8-18(7-21-25(17(11-33)12-34-27(21)22)37-19-9-23(30)28(31)35-13-19)36-26(16-3-1-2-15(6-16)10-32)24-14-40(39-38-24)20-4-5-20/h1-3,6-9,12-14,20,26,36H,4-5H2,(H,34,37). The topological polar surface area (TPSA) is 128 Å². The summed E-state index contributed by atoms with van der Waals surface area (Å²) in [5, 5.41) is 35.1. The number of pyridine rings is 2. The first-order valence-electron chi connectivity index (χ1n) is 12.2. The summed E-state index contributed by atoms with van der Waals surface area (Å²) in [6.07, 6.45) is 6.45. The number of nitrogens with zero attached hydrogens (tertiary/aromatic N) is 7. The third-order valence-corrected chi connectivity index (χ3v) is 6.80. The summed E-state index contributed by atoms with van der Waals surface area (Å²) in [7, 11) is 0. The zero-order valence-corrected chi connectivity index (χ0v) is 21.4. The number of anilines is 3. The molecule has 0 amide bonds. The molecule has 0 radical (unpaired) electrons. The molecule has 0 aliphatic heterocycles. The number of fused-ring (bicyclic) bond motifs is 1. The quantitative estimate of drug-likeness (QED) is 0.229. The molecule has 1 aliphatic carbocycles. The Balaban J connectivity index is 1.45. The highest BCUT2D eigenvalue weighted by atomic mass is 35.5. The molecule has 12 heteroatoms. The average molecular weight is 554 g/mol. The Kier molecular flexibility index (Phi) is 6.42. The van der Waals surface area contributed by atoms with Crippen LogP contribution in [0.3, 0.4) is 0 Å². The first-order valence-corrected chi connectivity index (χ1v) is 12.6. The molecule has 0 saturated heterocycles. The minimum Gasteiger partial charge on any atom is -0.373 e. The predicted molar refractivity (Wildman–Crippen MR) is 144 cm³/mol. The highest BCUT2D eigenvalue weighted by Gasteiger charge is 2.27. The van der Waals surface area contributed by atoms with Crippen molar-refractivity contribution in [3.05, 3.63) is 100 Å². The summed E-state index contributed by atoms with van der Waals surface area (Å²) in [4.78, 5) is 7.75. The van der Waals surface area contributed by atoms with Crippen LogP contribution >= 0.6 is 11.6 Å². The molecule has 1 aliphatic rings. The van der Waals surface area contributed by atoms with Crippen LogP contribution in [0.5, 0.6) is 0 Å². The molecule has 9 nitrogen and oxygen atoms in total. The molecule has 1 saturated carbocycles. The maximum absolute atomic E-state index is 13.9. The fourth-order valence-electron chi connectivity index (χ4n) is 4.42. The Morgan fingerprint density at radius 1 is 1.02 bits per heavy atom. The molecule has 1 atom stereocenters. The summed E-state index contributed by atoms with van der Waals surface area (Å²) in [6.45, 7) is 0. The summed E-state index contributed by atoms with van der Waals surface area (Å²) in [6, 6.07) is 15.6. The van der Waals surface area contributed by atoms with Gasteiger partial charge >= 0.3 is 0 Å². The van der Waals surface area contributed by atoms with Crippen LogP contribution in [0.15, 0.2) is 61.1 Å². The van der Waals surface area contributed by atoms with Gasteiger partial charge in [-0.25, -0.2) is 14.1 Å². The number of hydrogen-bond acceptors (Lipinski definition) is 8. The van der Waals surface area contributed by atoms with Crippen LogP contribution in [0, 0.1) is 34.4 Å². The van der Waals surface area contributed by atoms with E-state index in [0.717, 1.165) is 30.7 Å². The van der Waals surface area contributed by atoms with Crippen LogP contribution in [0.25, 0.3) is 10.9 Å². The average Bonchev–Trinajstić information content (AvgIpc) is 3.70. The Hall–Kier alpha value is -5.13. The lowest BCUT2D eigenvalue weighted by molar-refractivity contribution is 0.480. The zero-order valence-electron chi connectivity index (χ0n) is 20.6. The molecule has 1 unspecified atom stereocenters. The number of nitrogens with one attached hydrogen (secondary N) is 2. The van der Waals surface area contributed by atoms with Crippen molar-refractivity contribution in [3.63, 3.8) is 0 Å². The van der Waals surface area contributed by atoms with Crippen LogP contribution in [0.2, 0.25) is 5.02 Å². The molecule has 2 aromatic carbocycles. The van der Waals surface area contributed by atoms with E-state index < -0.39 is 17.8 Å². The van der Waals surface area contributed by atoms with Crippen molar-refractivity contribution in [1.29, 1.82) is 10.5 Å². The molecule has 40 heavy (non-hydrogen) atoms. The van der Waals surface area contributed by atoms with Crippen LogP contribution in [-0.2, 0) is 0 Å². The van der Waals surface area contributed by atoms with E-state index in [9.17, 15) is 19.3 Å². The van der Waals surface area contributed by atoms with E-state index in [1.807, 2.05) is 16.9 Å². The van der Waals surface area contributed by atoms with E-state index in [1.165, 1.54) is 6.20 Å². The van der Waals surface area contributed by atoms with Crippen molar-refractivity contribution >= 4 is 39.6 Å². The second-order valence-electron chi connectivity index (χ2n) is 9.30. The van der Waals surface area contributed by atoms with Gasteiger partial charge in [0, 0.05) is 23.3 Å². The molecule has 1 fully saturated rings. The number of rotatable bonds is 7. The Labute approximate surface area is 231 Å². The Morgan fingerprint density at radius 2 is 1.88 bits per heavy atom. The highest BCUT2D eigenvalue weighted by molar-refractivity contribution is 6.36. The van der Waals surface area contributed by atoms with Gasteiger partial charge in [-0.05, 0) is 42.7 Å². The predicted octanol–water partition coefficient (Wildman–Crippen LogP) is 6.18. The molecule has 3 heterocycles. The van der Waals surface area contributed by atoms with Crippen molar-refractivity contribution in [2.75, 3.05) is 10.6 Å². The first kappa shape index (κ1) is 25.2. The normalized spacial score (nSPS) is 13.4. The van der Waals surface area contributed by atoms with Crippen molar-refractivity contribution in [3.8, 4) is 12.1 Å². The summed E-state index contributed by atoms with van der Waals surface area (Å²) < 4.78 is 29.1. The number of benzene rings is 2. The molecule has 196 valence electrons. The van der Waals surface area contributed by atoms with Crippen molar-refractivity contribution in [1.82, 2.24) is 25.0 Å². The summed E-state index contributed by atoms with van der Waals surface area (Å²) in [5.74, 6) is -2.37. The van der Waals surface area contributed by atoms with E-state index in [1.54, 1.807) is 30.3 Å². The van der Waals surface area contributed by atoms with E-state index in [0.29, 0.717) is 44.6 Å². The molecule has 6 rings (SSSR count). The minimum atomic E-state index is -1.23. The van der Waals surface area contributed by atoms with Gasteiger partial charge < -0.3 is 10.6 Å². The summed E-state index contributed by atoms with van der Waals surface area (Å²) in [5.41, 5.74) is 3.48. The monoisotopic (exact) mass is 553 g/mol. The van der Waals surface area contributed by atoms with Crippen molar-refractivity contribution in [2.45, 2.75) is 24.9 Å². The van der Waals surface area contributed by atoms with Gasteiger partial charge in [0.15, 0.2) is 5.82 Å². The van der Waals surface area contributed by atoms with E-state index in [-0.39, 0.29) is 11.3 Å². The van der Waals surface area contributed by atoms with Gasteiger partial charge in [-0.3, -0.25) is 4.98 Å². The van der Waals surface area contributed by atoms with E-state index >= 15 is 0 Å². The van der Waals surface area contributed by atoms with Crippen LogP contribution in [0.1, 0.15) is 47.3 Å². The number of aromatic nitrogens is 5. The van der Waals surface area contributed by atoms with Gasteiger partial charge in [0.2, 0.25) is 5.95 Å². The fraction of sp³-hybridized carbons (Fsp3) is 0.143. The molecular formula is C28H18ClF2N9. The fourth-order valence-corrected chi connectivity index (χ4v) is 4.69. The Morgan fingerprint density at radius 3 is 2.62 bits per heavy atom. The van der Waals surface area contributed by atoms with Crippen LogP contribution in [0.4, 0.5) is 25.8 Å². The molecule has 0 bridgehead atoms. The van der Waals surface area contributed by atoms with Gasteiger partial charge in [0.1, 0.15) is 11.8 Å². The molecule has 0 spiro atoms. The maximum atomic E-state index is 13.9. The van der Waals surface area contributed by atoms with E-state index in [2.05, 4.69) is 43.1 Å². The minimum absolute atomic E-state index is 0.139. The highest BCUT2D eigenvalue weighted by Crippen LogP contribution is 2.38. The number of halogens is 3. The molecule has 2 N–H and O–H groups in total. The molecule has 3 aromatic heterocycles. The summed E-state index contributed by atoms with van der Waals surface area (Å²) >= 11 is 6.65. The third kappa shape index (κ3) is 4.86. The lowest BCUT2D eigenvalue weighted by atomic mass is 10.0. The zero-order chi connectivity index (χ0) is 27.8. The largest absolute Gasteiger partial charge is 0.373 e. The second kappa shape index (κ2) is 10.2. The lowest BCUT2D eigenvalue weighted by Gasteiger charge is -2.20. The first-order chi connectivity index (χ1) is 19.4. The van der Waals surface area contributed by atoms with Gasteiger partial charge in [-0.2, -0.15) is 14.9 Å². The van der Waals surface area contributed by atoms with Crippen molar-refractivity contribution < 1.29 is 8.78 Å². The van der Waals surface area contributed by atoms with Gasteiger partial charge in [-0.15, -0.1) is 5.10 Å². The van der Waals surface area contributed by atoms with E-state index in [4.69, 9.17) is 11.6 Å². The van der Waals surface area contributed by atoms with Crippen LogP contribution < -0.4 is 10.6 Å². The second-order valence-corrected chi connectivity index (χ2v) is 9.71. The number of nitriles is 2. The Bertz CT molecular complexity index is 1850. The van der Waals surface area contributed by atoms with Gasteiger partial charge in [-0.1, -0.05) is 28.9 Å². The number of hydrogen-bond donors (Lipinski definition) is 2. The van der Waals surface area contributed by atoms with Gasteiger partial charge in [0.05, 0.1) is 63.6 Å². The molecular weight excluding hydrogens is 536 g/mol. The smallest absolute Gasteiger partial charge is 0.249 e. The van der Waals surface area contributed by atoms with Crippen molar-refractivity contribution in [2.24, 2.45) is 0 Å². The van der Waals surface area contributed by atoms with Gasteiger partial charge in [0.25, 0.3) is 0 Å². The maximum Gasteiger partial charge on any atom is 0.249 e.